The third-order valence-electron chi connectivity index (χ3n) is 3.55. The smallest absolute Gasteiger partial charge is 0.270 e. The molecule has 0 aliphatic heterocycles. The van der Waals surface area contributed by atoms with Gasteiger partial charge in [0.1, 0.15) is 5.75 Å². The van der Waals surface area contributed by atoms with E-state index in [0.29, 0.717) is 16.8 Å². The number of nitro benzene ring substituents is 1. The van der Waals surface area contributed by atoms with Crippen LogP contribution in [0.1, 0.15) is 15.2 Å². The summed E-state index contributed by atoms with van der Waals surface area (Å²) < 4.78 is 5.93. The van der Waals surface area contributed by atoms with E-state index >= 15 is 0 Å². The van der Waals surface area contributed by atoms with E-state index in [0.717, 1.165) is 16.0 Å². The molecule has 122 valence electrons. The number of fused-ring (bicyclic) bond motifs is 1. The summed E-state index contributed by atoms with van der Waals surface area (Å²) in [5.41, 5.74) is 0.978. The quantitative estimate of drug-likeness (QED) is 0.565. The average Bonchev–Trinajstić information content (AvgIpc) is 3.03. The lowest BCUT2D eigenvalue weighted by atomic mass is 10.2. The van der Waals surface area contributed by atoms with Gasteiger partial charge in [0.05, 0.1) is 16.9 Å². The summed E-state index contributed by atoms with van der Waals surface area (Å²) in [5.74, 6) is 0.561. The molecule has 1 aromatic heterocycles. The minimum Gasteiger partial charge on any atom is -0.497 e. The molecule has 1 amide bonds. The molecule has 3 rings (SSSR count). The number of carbonyl (C=O) groups is 1. The van der Waals surface area contributed by atoms with E-state index in [1.807, 2.05) is 24.3 Å². The third kappa shape index (κ3) is 3.36. The molecular formula is C17H14N2O4S. The molecule has 0 saturated heterocycles. The maximum Gasteiger partial charge on any atom is 0.270 e. The zero-order valence-corrected chi connectivity index (χ0v) is 13.6. The molecule has 7 heteroatoms. The number of non-ortho nitro benzene ring substituents is 1. The van der Waals surface area contributed by atoms with Crippen LogP contribution in [-0.2, 0) is 6.54 Å². The normalized spacial score (nSPS) is 10.5. The summed E-state index contributed by atoms with van der Waals surface area (Å²) in [5, 5.41) is 14.4. The Morgan fingerprint density at radius 1 is 1.21 bits per heavy atom. The van der Waals surface area contributed by atoms with Crippen molar-refractivity contribution in [3.63, 3.8) is 0 Å². The number of rotatable bonds is 5. The first-order valence-corrected chi connectivity index (χ1v) is 7.97. The predicted octanol–water partition coefficient (Wildman–Crippen LogP) is 3.75. The molecular weight excluding hydrogens is 328 g/mol. The van der Waals surface area contributed by atoms with Gasteiger partial charge in [0, 0.05) is 28.8 Å². The lowest BCUT2D eigenvalue weighted by molar-refractivity contribution is -0.384. The molecule has 0 fully saturated rings. The van der Waals surface area contributed by atoms with Crippen molar-refractivity contribution in [1.82, 2.24) is 5.32 Å². The molecule has 0 saturated carbocycles. The van der Waals surface area contributed by atoms with Crippen molar-refractivity contribution in [3.8, 4) is 5.75 Å². The highest BCUT2D eigenvalue weighted by molar-refractivity contribution is 7.20. The molecule has 0 atom stereocenters. The molecule has 1 N–H and O–H groups in total. The maximum absolute atomic E-state index is 12.3. The zero-order valence-electron chi connectivity index (χ0n) is 12.8. The fourth-order valence-electron chi connectivity index (χ4n) is 2.27. The second-order valence-electron chi connectivity index (χ2n) is 5.12. The van der Waals surface area contributed by atoms with Crippen molar-refractivity contribution in [3.05, 3.63) is 69.1 Å². The first kappa shape index (κ1) is 15.9. The molecule has 0 radical (unpaired) electrons. The molecule has 6 nitrogen and oxygen atoms in total. The fraction of sp³-hybridized carbons (Fsp3) is 0.118. The summed E-state index contributed by atoms with van der Waals surface area (Å²) in [6, 6.07) is 13.7. The molecule has 2 aromatic carbocycles. The summed E-state index contributed by atoms with van der Waals surface area (Å²) in [4.78, 5) is 23.2. The van der Waals surface area contributed by atoms with Crippen LogP contribution in [0.15, 0.2) is 48.5 Å². The number of benzene rings is 2. The van der Waals surface area contributed by atoms with Gasteiger partial charge in [0.2, 0.25) is 0 Å². The highest BCUT2D eigenvalue weighted by Crippen LogP contribution is 2.28. The molecule has 0 unspecified atom stereocenters. The van der Waals surface area contributed by atoms with E-state index < -0.39 is 4.92 Å². The van der Waals surface area contributed by atoms with Crippen LogP contribution < -0.4 is 10.1 Å². The Morgan fingerprint density at radius 2 is 1.96 bits per heavy atom. The fourth-order valence-corrected chi connectivity index (χ4v) is 3.23. The molecule has 1 heterocycles. The minimum absolute atomic E-state index is 0.0190. The number of amides is 1. The SMILES string of the molecule is COc1ccc(CNC(=O)c2cc3cc([N+](=O)[O-])ccc3s2)cc1. The van der Waals surface area contributed by atoms with Crippen LogP contribution in [0.25, 0.3) is 10.1 Å². The summed E-state index contributed by atoms with van der Waals surface area (Å²) in [6.07, 6.45) is 0. The Balaban J connectivity index is 1.72. The molecule has 0 bridgehead atoms. The number of carbonyl (C=O) groups excluding carboxylic acids is 1. The van der Waals surface area contributed by atoms with Crippen molar-refractivity contribution in [2.45, 2.75) is 6.54 Å². The Hall–Kier alpha value is -2.93. The van der Waals surface area contributed by atoms with Crippen LogP contribution in [-0.4, -0.2) is 17.9 Å². The van der Waals surface area contributed by atoms with Gasteiger partial charge in [-0.2, -0.15) is 0 Å². The van der Waals surface area contributed by atoms with Crippen molar-refractivity contribution >= 4 is 33.0 Å². The van der Waals surface area contributed by atoms with E-state index in [-0.39, 0.29) is 11.6 Å². The van der Waals surface area contributed by atoms with Gasteiger partial charge in [0.25, 0.3) is 11.6 Å². The van der Waals surface area contributed by atoms with E-state index in [1.54, 1.807) is 19.2 Å². The number of thiophene rings is 1. The van der Waals surface area contributed by atoms with Crippen LogP contribution >= 0.6 is 11.3 Å². The summed E-state index contributed by atoms with van der Waals surface area (Å²) in [6.45, 7) is 0.400. The van der Waals surface area contributed by atoms with E-state index in [9.17, 15) is 14.9 Å². The largest absolute Gasteiger partial charge is 0.497 e. The second kappa shape index (κ2) is 6.67. The third-order valence-corrected chi connectivity index (χ3v) is 4.66. The first-order chi connectivity index (χ1) is 11.6. The van der Waals surface area contributed by atoms with E-state index in [4.69, 9.17) is 4.74 Å². The standard InChI is InChI=1S/C17H14N2O4S/c1-23-14-5-2-11(3-6-14)10-18-17(20)16-9-12-8-13(19(21)22)4-7-15(12)24-16/h2-9H,10H2,1H3,(H,18,20). The van der Waals surface area contributed by atoms with Gasteiger partial charge in [-0.25, -0.2) is 0 Å². The Labute approximate surface area is 141 Å². The van der Waals surface area contributed by atoms with Crippen molar-refractivity contribution < 1.29 is 14.5 Å². The highest BCUT2D eigenvalue weighted by atomic mass is 32.1. The van der Waals surface area contributed by atoms with Crippen LogP contribution in [0.5, 0.6) is 5.75 Å². The maximum atomic E-state index is 12.3. The monoisotopic (exact) mass is 342 g/mol. The van der Waals surface area contributed by atoms with Crippen molar-refractivity contribution in [2.24, 2.45) is 0 Å². The second-order valence-corrected chi connectivity index (χ2v) is 6.20. The van der Waals surface area contributed by atoms with Crippen molar-refractivity contribution in [1.29, 1.82) is 0 Å². The predicted molar refractivity (Wildman–Crippen MR) is 92.6 cm³/mol. The van der Waals surface area contributed by atoms with Gasteiger partial charge >= 0.3 is 0 Å². The van der Waals surface area contributed by atoms with Gasteiger partial charge in [-0.15, -0.1) is 11.3 Å². The van der Waals surface area contributed by atoms with Gasteiger partial charge in [-0.3, -0.25) is 14.9 Å². The number of nitrogens with one attached hydrogen (secondary N) is 1. The molecule has 0 aliphatic carbocycles. The number of hydrogen-bond acceptors (Lipinski definition) is 5. The molecule has 24 heavy (non-hydrogen) atoms. The highest BCUT2D eigenvalue weighted by Gasteiger charge is 2.13. The number of hydrogen-bond donors (Lipinski definition) is 1. The molecule has 0 aliphatic rings. The Bertz CT molecular complexity index is 903. The Kier molecular flexibility index (Phi) is 4.43. The van der Waals surface area contributed by atoms with Crippen LogP contribution in [0, 0.1) is 10.1 Å². The van der Waals surface area contributed by atoms with Crippen LogP contribution in [0.4, 0.5) is 5.69 Å². The average molecular weight is 342 g/mol. The van der Waals surface area contributed by atoms with E-state index in [2.05, 4.69) is 5.32 Å². The lowest BCUT2D eigenvalue weighted by Crippen LogP contribution is -2.21. The number of nitro groups is 1. The van der Waals surface area contributed by atoms with Gasteiger partial charge < -0.3 is 10.1 Å². The number of ether oxygens (including phenoxy) is 1. The van der Waals surface area contributed by atoms with Crippen molar-refractivity contribution in [2.75, 3.05) is 7.11 Å². The van der Waals surface area contributed by atoms with Crippen LogP contribution in [0.3, 0.4) is 0 Å². The lowest BCUT2D eigenvalue weighted by Gasteiger charge is -2.05. The topological polar surface area (TPSA) is 81.5 Å². The first-order valence-electron chi connectivity index (χ1n) is 7.16. The van der Waals surface area contributed by atoms with Gasteiger partial charge in [-0.1, -0.05) is 12.1 Å². The Morgan fingerprint density at radius 3 is 2.62 bits per heavy atom. The van der Waals surface area contributed by atoms with Crippen LogP contribution in [0.2, 0.25) is 0 Å². The molecule has 3 aromatic rings. The van der Waals surface area contributed by atoms with Gasteiger partial charge in [-0.05, 0) is 29.8 Å². The number of methoxy groups -OCH3 is 1. The number of nitrogens with zero attached hydrogens (tertiary/aromatic N) is 1. The summed E-state index contributed by atoms with van der Waals surface area (Å²) >= 11 is 1.31. The van der Waals surface area contributed by atoms with Gasteiger partial charge in [0.15, 0.2) is 0 Å². The van der Waals surface area contributed by atoms with E-state index in [1.165, 1.54) is 23.5 Å². The zero-order chi connectivity index (χ0) is 17.1. The minimum atomic E-state index is -0.444. The summed E-state index contributed by atoms with van der Waals surface area (Å²) in [7, 11) is 1.60. The molecule has 0 spiro atoms.